The average Bonchev–Trinajstić information content (AvgIpc) is 3.69. The van der Waals surface area contributed by atoms with E-state index in [9.17, 15) is 14.4 Å². The Hall–Kier alpha value is -4.33. The van der Waals surface area contributed by atoms with Crippen LogP contribution in [0.3, 0.4) is 0 Å². The number of carbonyl (C=O) groups is 2. The zero-order valence-corrected chi connectivity index (χ0v) is 18.4. The minimum Gasteiger partial charge on any atom is -0.326 e. The molecule has 0 aliphatic heterocycles. The molecule has 8 nitrogen and oxygen atoms in total. The summed E-state index contributed by atoms with van der Waals surface area (Å²) in [4.78, 5) is 46.6. The van der Waals surface area contributed by atoms with Crippen molar-refractivity contribution in [2.45, 2.75) is 31.7 Å². The summed E-state index contributed by atoms with van der Waals surface area (Å²) in [5, 5.41) is 6.28. The van der Waals surface area contributed by atoms with Crippen LogP contribution >= 0.6 is 0 Å². The number of carbonyl (C=O) groups excluding carboxylic acids is 2. The summed E-state index contributed by atoms with van der Waals surface area (Å²) >= 11 is 0. The van der Waals surface area contributed by atoms with Gasteiger partial charge in [-0.25, -0.2) is 4.98 Å². The molecule has 0 spiro atoms. The third kappa shape index (κ3) is 4.71. The molecule has 8 heteroatoms. The van der Waals surface area contributed by atoms with Crippen molar-refractivity contribution in [3.63, 3.8) is 0 Å². The van der Waals surface area contributed by atoms with E-state index in [-0.39, 0.29) is 29.8 Å². The van der Waals surface area contributed by atoms with E-state index in [0.29, 0.717) is 40.1 Å². The third-order valence-electron chi connectivity index (χ3n) is 5.72. The lowest BCUT2D eigenvalue weighted by molar-refractivity contribution is -0.116. The van der Waals surface area contributed by atoms with Crippen LogP contribution in [-0.4, -0.2) is 26.3 Å². The van der Waals surface area contributed by atoms with Crippen molar-refractivity contribution in [3.05, 3.63) is 94.8 Å². The maximum Gasteiger partial charge on any atom is 0.261 e. The van der Waals surface area contributed by atoms with Gasteiger partial charge in [0.25, 0.3) is 11.5 Å². The van der Waals surface area contributed by atoms with E-state index in [0.717, 1.165) is 12.8 Å². The molecule has 1 saturated carbocycles. The maximum absolute atomic E-state index is 13.0. The Balaban J connectivity index is 1.26. The second kappa shape index (κ2) is 9.27. The SMILES string of the molecule is O=C(CCc1nc2ccccc2c(=O)n1C1CC1)Nc1cccc(NC(=O)c2ccncc2)c1. The molecule has 2 heterocycles. The largest absolute Gasteiger partial charge is 0.326 e. The topological polar surface area (TPSA) is 106 Å². The van der Waals surface area contributed by atoms with Crippen molar-refractivity contribution >= 4 is 34.1 Å². The summed E-state index contributed by atoms with van der Waals surface area (Å²) in [6.07, 6.45) is 5.57. The van der Waals surface area contributed by atoms with E-state index in [4.69, 9.17) is 0 Å². The Kier molecular flexibility index (Phi) is 5.86. The van der Waals surface area contributed by atoms with Crippen molar-refractivity contribution in [2.24, 2.45) is 0 Å². The monoisotopic (exact) mass is 453 g/mol. The van der Waals surface area contributed by atoms with E-state index >= 15 is 0 Å². The zero-order valence-electron chi connectivity index (χ0n) is 18.4. The van der Waals surface area contributed by atoms with Gasteiger partial charge in [0.15, 0.2) is 0 Å². The van der Waals surface area contributed by atoms with Gasteiger partial charge in [0.1, 0.15) is 5.82 Å². The summed E-state index contributed by atoms with van der Waals surface area (Å²) in [6.45, 7) is 0. The van der Waals surface area contributed by atoms with Gasteiger partial charge in [0.2, 0.25) is 5.91 Å². The van der Waals surface area contributed by atoms with E-state index in [1.165, 1.54) is 0 Å². The highest BCUT2D eigenvalue weighted by molar-refractivity contribution is 6.04. The van der Waals surface area contributed by atoms with Gasteiger partial charge < -0.3 is 10.6 Å². The third-order valence-corrected chi connectivity index (χ3v) is 5.72. The normalized spacial score (nSPS) is 12.9. The number of aryl methyl sites for hydroxylation is 1. The van der Waals surface area contributed by atoms with Gasteiger partial charge in [-0.1, -0.05) is 18.2 Å². The second-order valence-electron chi connectivity index (χ2n) is 8.27. The van der Waals surface area contributed by atoms with Crippen LogP contribution in [0.15, 0.2) is 77.9 Å². The molecular formula is C26H23N5O3. The van der Waals surface area contributed by atoms with Crippen LogP contribution in [-0.2, 0) is 11.2 Å². The Morgan fingerprint density at radius 2 is 1.68 bits per heavy atom. The smallest absolute Gasteiger partial charge is 0.261 e. The van der Waals surface area contributed by atoms with Crippen LogP contribution < -0.4 is 16.2 Å². The molecule has 2 aromatic heterocycles. The maximum atomic E-state index is 13.0. The first kappa shape index (κ1) is 21.5. The lowest BCUT2D eigenvalue weighted by Gasteiger charge is -2.13. The predicted octanol–water partition coefficient (Wildman–Crippen LogP) is 3.95. The van der Waals surface area contributed by atoms with Crippen LogP contribution in [0.5, 0.6) is 0 Å². The number of anilines is 2. The van der Waals surface area contributed by atoms with Crippen LogP contribution in [0.1, 0.15) is 41.5 Å². The standard InChI is InChI=1S/C26H23N5O3/c32-24(28-18-4-3-5-19(16-18)29-25(33)17-12-14-27-15-13-17)11-10-23-30-22-7-2-1-6-21(22)26(34)31(23)20-8-9-20/h1-7,12-16,20H,8-11H2,(H,28,32)(H,29,33). The number of fused-ring (bicyclic) bond motifs is 1. The molecule has 0 unspecified atom stereocenters. The highest BCUT2D eigenvalue weighted by Gasteiger charge is 2.28. The highest BCUT2D eigenvalue weighted by atomic mass is 16.2. The number of benzene rings is 2. The zero-order chi connectivity index (χ0) is 23.5. The van der Waals surface area contributed by atoms with Gasteiger partial charge in [-0.2, -0.15) is 0 Å². The molecule has 0 bridgehead atoms. The number of hydrogen-bond acceptors (Lipinski definition) is 5. The van der Waals surface area contributed by atoms with E-state index in [1.54, 1.807) is 59.4 Å². The highest BCUT2D eigenvalue weighted by Crippen LogP contribution is 2.35. The molecular weight excluding hydrogens is 430 g/mol. The molecule has 1 aliphatic carbocycles. The van der Waals surface area contributed by atoms with E-state index in [1.807, 2.05) is 18.2 Å². The Labute approximate surface area is 195 Å². The summed E-state index contributed by atoms with van der Waals surface area (Å²) in [6, 6.07) is 17.7. The minimum absolute atomic E-state index is 0.0406. The van der Waals surface area contributed by atoms with Gasteiger partial charge in [-0.15, -0.1) is 0 Å². The summed E-state index contributed by atoms with van der Waals surface area (Å²) in [5.41, 5.74) is 2.24. The van der Waals surface area contributed by atoms with Crippen molar-refractivity contribution in [1.82, 2.24) is 14.5 Å². The van der Waals surface area contributed by atoms with Crippen LogP contribution in [0.25, 0.3) is 10.9 Å². The van der Waals surface area contributed by atoms with E-state index in [2.05, 4.69) is 20.6 Å². The fourth-order valence-electron chi connectivity index (χ4n) is 3.91. The van der Waals surface area contributed by atoms with Crippen molar-refractivity contribution in [3.8, 4) is 0 Å². The van der Waals surface area contributed by atoms with Crippen LogP contribution in [0, 0.1) is 0 Å². The first-order valence-corrected chi connectivity index (χ1v) is 11.2. The molecule has 0 atom stereocenters. The summed E-state index contributed by atoms with van der Waals surface area (Å²) in [7, 11) is 0. The molecule has 4 aromatic rings. The fraction of sp³-hybridized carbons (Fsp3) is 0.192. The summed E-state index contributed by atoms with van der Waals surface area (Å²) < 4.78 is 1.75. The lowest BCUT2D eigenvalue weighted by atomic mass is 10.2. The van der Waals surface area contributed by atoms with Gasteiger partial charge in [-0.3, -0.25) is 23.9 Å². The Morgan fingerprint density at radius 3 is 2.44 bits per heavy atom. The molecule has 2 N–H and O–H groups in total. The Bertz CT molecular complexity index is 1430. The number of pyridine rings is 1. The molecule has 170 valence electrons. The first-order valence-electron chi connectivity index (χ1n) is 11.2. The average molecular weight is 454 g/mol. The molecule has 5 rings (SSSR count). The van der Waals surface area contributed by atoms with Gasteiger partial charge in [0, 0.05) is 48.2 Å². The van der Waals surface area contributed by atoms with Gasteiger partial charge in [0.05, 0.1) is 10.9 Å². The predicted molar refractivity (Wildman–Crippen MR) is 130 cm³/mol. The van der Waals surface area contributed by atoms with Crippen molar-refractivity contribution in [1.29, 1.82) is 0 Å². The van der Waals surface area contributed by atoms with Crippen molar-refractivity contribution in [2.75, 3.05) is 10.6 Å². The first-order chi connectivity index (χ1) is 16.6. The molecule has 0 saturated heterocycles. The molecule has 1 fully saturated rings. The molecule has 34 heavy (non-hydrogen) atoms. The van der Waals surface area contributed by atoms with Gasteiger partial charge >= 0.3 is 0 Å². The van der Waals surface area contributed by atoms with E-state index < -0.39 is 0 Å². The lowest BCUT2D eigenvalue weighted by Crippen LogP contribution is -2.25. The Morgan fingerprint density at radius 1 is 0.941 bits per heavy atom. The number of para-hydroxylation sites is 1. The van der Waals surface area contributed by atoms with Gasteiger partial charge in [-0.05, 0) is 55.3 Å². The molecule has 0 radical (unpaired) electrons. The number of aromatic nitrogens is 3. The summed E-state index contributed by atoms with van der Waals surface area (Å²) in [5.74, 6) is 0.188. The number of amides is 2. The fourth-order valence-corrected chi connectivity index (χ4v) is 3.91. The van der Waals surface area contributed by atoms with Crippen molar-refractivity contribution < 1.29 is 9.59 Å². The number of nitrogens with one attached hydrogen (secondary N) is 2. The second-order valence-corrected chi connectivity index (χ2v) is 8.27. The number of hydrogen-bond donors (Lipinski definition) is 2. The number of rotatable bonds is 7. The van der Waals surface area contributed by atoms with Crippen LogP contribution in [0.4, 0.5) is 11.4 Å². The molecule has 2 aromatic carbocycles. The minimum atomic E-state index is -0.258. The number of nitrogens with zero attached hydrogens (tertiary/aromatic N) is 3. The molecule has 2 amide bonds. The quantitative estimate of drug-likeness (QED) is 0.441. The van der Waals surface area contributed by atoms with Crippen LogP contribution in [0.2, 0.25) is 0 Å². The molecule has 1 aliphatic rings.